The lowest BCUT2D eigenvalue weighted by Gasteiger charge is -2.33. The van der Waals surface area contributed by atoms with Crippen LogP contribution in [0.3, 0.4) is 0 Å². The molecule has 2 aromatic heterocycles. The van der Waals surface area contributed by atoms with Gasteiger partial charge in [0.1, 0.15) is 27.4 Å². The summed E-state index contributed by atoms with van der Waals surface area (Å²) in [5.74, 6) is 0.917. The third-order valence-corrected chi connectivity index (χ3v) is 6.92. The predicted molar refractivity (Wildman–Crippen MR) is 137 cm³/mol. The van der Waals surface area contributed by atoms with Crippen LogP contribution < -0.4 is 10.5 Å². The standard InChI is InChI=1S/C24H34BrN5O3S/c1-23(2,3)33-22(31)30-15-16(14-24(30,4)5)9-10-18(19-13-17(25)11-12-27-19)28-20-7-6-8-21(29-20)34(26)32/h6-8,11-13,16,18H,9-10,14-15,26H2,1-5H3,(H,28,29). The highest BCUT2D eigenvalue weighted by atomic mass is 79.9. The number of nitrogens with two attached hydrogens (primary N) is 1. The zero-order valence-corrected chi connectivity index (χ0v) is 22.8. The Labute approximate surface area is 212 Å². The molecule has 10 heteroatoms. The molecular weight excluding hydrogens is 518 g/mol. The van der Waals surface area contributed by atoms with E-state index in [9.17, 15) is 9.00 Å². The summed E-state index contributed by atoms with van der Waals surface area (Å²) >= 11 is 3.53. The smallest absolute Gasteiger partial charge is 0.410 e. The number of anilines is 1. The molecule has 1 amide bonds. The largest absolute Gasteiger partial charge is 0.444 e. The second-order valence-electron chi connectivity index (χ2n) is 10.3. The number of nitrogens with one attached hydrogen (secondary N) is 1. The zero-order chi connectivity index (χ0) is 25.1. The molecule has 2 aromatic rings. The first kappa shape index (κ1) is 26.6. The average molecular weight is 553 g/mol. The van der Waals surface area contributed by atoms with Gasteiger partial charge in [-0.3, -0.25) is 4.98 Å². The van der Waals surface area contributed by atoms with E-state index >= 15 is 0 Å². The van der Waals surface area contributed by atoms with Gasteiger partial charge in [-0.25, -0.2) is 19.1 Å². The average Bonchev–Trinajstić information content (AvgIpc) is 3.04. The van der Waals surface area contributed by atoms with Gasteiger partial charge in [0.25, 0.3) is 0 Å². The monoisotopic (exact) mass is 551 g/mol. The lowest BCUT2D eigenvalue weighted by molar-refractivity contribution is 0.0131. The number of amides is 1. The van der Waals surface area contributed by atoms with Crippen LogP contribution >= 0.6 is 15.9 Å². The molecule has 0 bridgehead atoms. The molecule has 1 fully saturated rings. The number of hydrogen-bond acceptors (Lipinski definition) is 6. The Balaban J connectivity index is 1.74. The summed E-state index contributed by atoms with van der Waals surface area (Å²) in [6, 6.07) is 8.98. The summed E-state index contributed by atoms with van der Waals surface area (Å²) in [6.45, 7) is 10.5. The molecule has 3 atom stereocenters. The number of likely N-dealkylation sites (tertiary alicyclic amines) is 1. The van der Waals surface area contributed by atoms with Gasteiger partial charge in [0.15, 0.2) is 0 Å². The van der Waals surface area contributed by atoms with Gasteiger partial charge in [0, 0.05) is 22.8 Å². The van der Waals surface area contributed by atoms with Crippen molar-refractivity contribution < 1.29 is 13.7 Å². The topological polar surface area (TPSA) is 110 Å². The minimum atomic E-state index is -1.66. The fraction of sp³-hybridized carbons (Fsp3) is 0.542. The Morgan fingerprint density at radius 3 is 2.76 bits per heavy atom. The molecule has 3 heterocycles. The van der Waals surface area contributed by atoms with Gasteiger partial charge in [-0.15, -0.1) is 0 Å². The van der Waals surface area contributed by atoms with E-state index in [-0.39, 0.29) is 17.7 Å². The van der Waals surface area contributed by atoms with Crippen LogP contribution in [0, 0.1) is 5.92 Å². The van der Waals surface area contributed by atoms with E-state index in [2.05, 4.69) is 45.1 Å². The van der Waals surface area contributed by atoms with Gasteiger partial charge < -0.3 is 15.0 Å². The van der Waals surface area contributed by atoms with Gasteiger partial charge in [-0.1, -0.05) is 22.0 Å². The fourth-order valence-corrected chi connectivity index (χ4v) is 5.07. The molecule has 1 saturated heterocycles. The van der Waals surface area contributed by atoms with E-state index in [4.69, 9.17) is 9.88 Å². The molecule has 8 nitrogen and oxygen atoms in total. The van der Waals surface area contributed by atoms with Crippen molar-refractivity contribution in [2.75, 3.05) is 11.9 Å². The second-order valence-corrected chi connectivity index (χ2v) is 12.2. The van der Waals surface area contributed by atoms with Crippen LogP contribution in [0.5, 0.6) is 0 Å². The molecule has 3 N–H and O–H groups in total. The minimum Gasteiger partial charge on any atom is -0.444 e. The molecule has 0 saturated carbocycles. The summed E-state index contributed by atoms with van der Waals surface area (Å²) in [4.78, 5) is 23.6. The van der Waals surface area contributed by atoms with Crippen LogP contribution in [-0.4, -0.2) is 42.9 Å². The number of nitrogens with zero attached hydrogens (tertiary/aromatic N) is 3. The van der Waals surface area contributed by atoms with Crippen molar-refractivity contribution in [3.8, 4) is 0 Å². The van der Waals surface area contributed by atoms with Gasteiger partial charge in [-0.2, -0.15) is 0 Å². The van der Waals surface area contributed by atoms with Crippen LogP contribution in [0.4, 0.5) is 10.6 Å². The van der Waals surface area contributed by atoms with Crippen LogP contribution in [0.1, 0.15) is 65.6 Å². The van der Waals surface area contributed by atoms with Gasteiger partial charge in [0.2, 0.25) is 0 Å². The lowest BCUT2D eigenvalue weighted by Crippen LogP contribution is -2.45. The number of carbonyl (C=O) groups is 1. The number of rotatable bonds is 7. The van der Waals surface area contributed by atoms with Crippen molar-refractivity contribution in [2.45, 2.75) is 76.1 Å². The molecule has 3 unspecified atom stereocenters. The molecule has 186 valence electrons. The SMILES string of the molecule is CC(C)(C)OC(=O)N1CC(CCC(Nc2cccc(S(N)=O)n2)c2cc(Br)ccn2)CC1(C)C. The number of halogens is 1. The predicted octanol–water partition coefficient (Wildman–Crippen LogP) is 5.19. The van der Waals surface area contributed by atoms with Crippen molar-refractivity contribution in [1.29, 1.82) is 0 Å². The quantitative estimate of drug-likeness (QED) is 0.489. The Morgan fingerprint density at radius 2 is 2.12 bits per heavy atom. The summed E-state index contributed by atoms with van der Waals surface area (Å²) in [5, 5.41) is 9.26. The van der Waals surface area contributed by atoms with E-state index in [1.807, 2.05) is 43.9 Å². The van der Waals surface area contributed by atoms with Gasteiger partial charge in [0.05, 0.1) is 11.7 Å². The van der Waals surface area contributed by atoms with E-state index in [0.717, 1.165) is 29.4 Å². The highest BCUT2D eigenvalue weighted by Gasteiger charge is 2.42. The van der Waals surface area contributed by atoms with Crippen molar-refractivity contribution in [3.05, 3.63) is 46.7 Å². The summed E-state index contributed by atoms with van der Waals surface area (Å²) in [6.07, 6.45) is 4.06. The summed E-state index contributed by atoms with van der Waals surface area (Å²) in [5.41, 5.74) is 0.0727. The number of aromatic nitrogens is 2. The molecule has 0 aromatic carbocycles. The number of ether oxygens (including phenoxy) is 1. The van der Waals surface area contributed by atoms with E-state index in [1.54, 1.807) is 18.3 Å². The van der Waals surface area contributed by atoms with E-state index < -0.39 is 16.6 Å². The number of carbonyl (C=O) groups excluding carboxylic acids is 1. The van der Waals surface area contributed by atoms with Crippen LogP contribution in [-0.2, 0) is 15.7 Å². The molecule has 1 aliphatic rings. The van der Waals surface area contributed by atoms with Crippen molar-refractivity contribution in [3.63, 3.8) is 0 Å². The second kappa shape index (κ2) is 10.7. The maximum Gasteiger partial charge on any atom is 0.410 e. The fourth-order valence-electron chi connectivity index (χ4n) is 4.31. The molecule has 34 heavy (non-hydrogen) atoms. The summed E-state index contributed by atoms with van der Waals surface area (Å²) in [7, 11) is -1.66. The molecule has 3 rings (SSSR count). The number of pyridine rings is 2. The zero-order valence-electron chi connectivity index (χ0n) is 20.4. The van der Waals surface area contributed by atoms with E-state index in [1.165, 1.54) is 0 Å². The third kappa shape index (κ3) is 7.23. The van der Waals surface area contributed by atoms with E-state index in [0.29, 0.717) is 23.3 Å². The van der Waals surface area contributed by atoms with Crippen LogP contribution in [0.25, 0.3) is 0 Å². The Kier molecular flexibility index (Phi) is 8.36. The molecule has 0 radical (unpaired) electrons. The Morgan fingerprint density at radius 1 is 1.38 bits per heavy atom. The molecule has 0 aliphatic carbocycles. The van der Waals surface area contributed by atoms with Crippen molar-refractivity contribution in [1.82, 2.24) is 14.9 Å². The highest BCUT2D eigenvalue weighted by Crippen LogP contribution is 2.37. The highest BCUT2D eigenvalue weighted by molar-refractivity contribution is 9.10. The van der Waals surface area contributed by atoms with Crippen LogP contribution in [0.15, 0.2) is 46.0 Å². The van der Waals surface area contributed by atoms with Gasteiger partial charge >= 0.3 is 6.09 Å². The summed E-state index contributed by atoms with van der Waals surface area (Å²) < 4.78 is 18.2. The molecule has 1 aliphatic heterocycles. The van der Waals surface area contributed by atoms with Crippen molar-refractivity contribution in [2.24, 2.45) is 11.1 Å². The molecular formula is C24H34BrN5O3S. The maximum atomic E-state index is 12.8. The normalized spacial score (nSPS) is 19.5. The third-order valence-electron chi connectivity index (χ3n) is 5.79. The Bertz CT molecular complexity index is 1040. The maximum absolute atomic E-state index is 12.8. The van der Waals surface area contributed by atoms with Gasteiger partial charge in [-0.05, 0) is 84.1 Å². The number of hydrogen-bond donors (Lipinski definition) is 2. The first-order valence-corrected chi connectivity index (χ1v) is 13.4. The first-order chi connectivity index (χ1) is 15.8. The van der Waals surface area contributed by atoms with Crippen molar-refractivity contribution >= 4 is 38.8 Å². The first-order valence-electron chi connectivity index (χ1n) is 11.4. The Hall–Kier alpha value is -2.04. The van der Waals surface area contributed by atoms with Crippen LogP contribution in [0.2, 0.25) is 0 Å². The lowest BCUT2D eigenvalue weighted by atomic mass is 9.91. The molecule has 0 spiro atoms. The minimum absolute atomic E-state index is 0.120.